The van der Waals surface area contributed by atoms with Gasteiger partial charge in [0, 0.05) is 13.6 Å². The summed E-state index contributed by atoms with van der Waals surface area (Å²) in [6.07, 6.45) is 0.790. The Bertz CT molecular complexity index is 576. The lowest BCUT2D eigenvalue weighted by Gasteiger charge is -2.36. The number of rotatable bonds is 2. The lowest BCUT2D eigenvalue weighted by atomic mass is 10.1. The van der Waals surface area contributed by atoms with Crippen molar-refractivity contribution >= 4 is 12.1 Å². The SMILES string of the molecule is Cn1ncc(C(=O)O)c1C1COCCN1C(=O)OC(C)(C)C. The van der Waals surface area contributed by atoms with Gasteiger partial charge in [-0.2, -0.15) is 5.10 Å². The van der Waals surface area contributed by atoms with Gasteiger partial charge in [0.05, 0.1) is 25.1 Å². The van der Waals surface area contributed by atoms with E-state index in [9.17, 15) is 14.7 Å². The number of carbonyl (C=O) groups is 2. The van der Waals surface area contributed by atoms with Gasteiger partial charge in [0.2, 0.25) is 0 Å². The van der Waals surface area contributed by atoms with E-state index in [2.05, 4.69) is 5.10 Å². The van der Waals surface area contributed by atoms with Crippen molar-refractivity contribution in [2.75, 3.05) is 19.8 Å². The third kappa shape index (κ3) is 3.38. The Kier molecular flexibility index (Phi) is 4.41. The molecule has 1 unspecified atom stereocenters. The standard InChI is InChI=1S/C14H21N3O5/c1-14(2,3)22-13(20)17-5-6-21-8-10(17)11-9(12(18)19)7-15-16(11)4/h7,10H,5-6,8H2,1-4H3,(H,18,19). The quantitative estimate of drug-likeness (QED) is 0.888. The Hall–Kier alpha value is -2.09. The summed E-state index contributed by atoms with van der Waals surface area (Å²) in [7, 11) is 1.64. The predicted molar refractivity (Wildman–Crippen MR) is 76.7 cm³/mol. The first-order chi connectivity index (χ1) is 10.2. The molecule has 1 fully saturated rings. The van der Waals surface area contributed by atoms with Crippen molar-refractivity contribution < 1.29 is 24.2 Å². The number of morpholine rings is 1. The van der Waals surface area contributed by atoms with Gasteiger partial charge in [-0.25, -0.2) is 9.59 Å². The normalized spacial score (nSPS) is 19.1. The lowest BCUT2D eigenvalue weighted by Crippen LogP contribution is -2.46. The highest BCUT2D eigenvalue weighted by Crippen LogP contribution is 2.28. The lowest BCUT2D eigenvalue weighted by molar-refractivity contribution is -0.0350. The van der Waals surface area contributed by atoms with E-state index in [-0.39, 0.29) is 12.2 Å². The molecule has 2 rings (SSSR count). The molecule has 0 aromatic carbocycles. The molecular weight excluding hydrogens is 290 g/mol. The smallest absolute Gasteiger partial charge is 0.411 e. The average molecular weight is 311 g/mol. The van der Waals surface area contributed by atoms with Crippen molar-refractivity contribution in [1.82, 2.24) is 14.7 Å². The van der Waals surface area contributed by atoms with Crippen molar-refractivity contribution in [2.45, 2.75) is 32.4 Å². The largest absolute Gasteiger partial charge is 0.478 e. The number of ether oxygens (including phenoxy) is 2. The van der Waals surface area contributed by atoms with Crippen molar-refractivity contribution in [3.05, 3.63) is 17.5 Å². The Labute approximate surface area is 128 Å². The van der Waals surface area contributed by atoms with Gasteiger partial charge in [-0.05, 0) is 20.8 Å². The predicted octanol–water partition coefficient (Wildman–Crippen LogP) is 1.43. The average Bonchev–Trinajstić information content (AvgIpc) is 2.78. The summed E-state index contributed by atoms with van der Waals surface area (Å²) >= 11 is 0. The number of carbonyl (C=O) groups excluding carboxylic acids is 1. The van der Waals surface area contributed by atoms with Crippen LogP contribution < -0.4 is 0 Å². The third-order valence-corrected chi connectivity index (χ3v) is 3.29. The van der Waals surface area contributed by atoms with Crippen LogP contribution in [-0.4, -0.2) is 57.2 Å². The summed E-state index contributed by atoms with van der Waals surface area (Å²) in [5.41, 5.74) is -0.133. The molecule has 8 nitrogen and oxygen atoms in total. The molecule has 0 bridgehead atoms. The molecule has 122 valence electrons. The van der Waals surface area contributed by atoms with Crippen molar-refractivity contribution in [2.24, 2.45) is 7.05 Å². The highest BCUT2D eigenvalue weighted by molar-refractivity contribution is 5.89. The van der Waals surface area contributed by atoms with E-state index in [0.29, 0.717) is 18.8 Å². The molecule has 0 aliphatic carbocycles. The summed E-state index contributed by atoms with van der Waals surface area (Å²) in [6.45, 7) is 6.28. The van der Waals surface area contributed by atoms with E-state index in [1.165, 1.54) is 15.8 Å². The molecule has 1 amide bonds. The molecule has 1 saturated heterocycles. The molecule has 1 N–H and O–H groups in total. The first-order valence-corrected chi connectivity index (χ1v) is 7.03. The number of amides is 1. The van der Waals surface area contributed by atoms with Crippen molar-refractivity contribution in [3.8, 4) is 0 Å². The Morgan fingerprint density at radius 2 is 2.14 bits per heavy atom. The van der Waals surface area contributed by atoms with Crippen molar-refractivity contribution in [1.29, 1.82) is 0 Å². The van der Waals surface area contributed by atoms with E-state index in [0.717, 1.165) is 0 Å². The van der Waals surface area contributed by atoms with Gasteiger partial charge in [0.15, 0.2) is 0 Å². The van der Waals surface area contributed by atoms with Gasteiger partial charge >= 0.3 is 12.1 Å². The molecule has 0 saturated carbocycles. The number of hydrogen-bond donors (Lipinski definition) is 1. The molecule has 0 radical (unpaired) electrons. The summed E-state index contributed by atoms with van der Waals surface area (Å²) in [5.74, 6) is -1.09. The topological polar surface area (TPSA) is 93.9 Å². The number of nitrogens with zero attached hydrogens (tertiary/aromatic N) is 3. The van der Waals surface area contributed by atoms with E-state index in [1.807, 2.05) is 0 Å². The Morgan fingerprint density at radius 1 is 1.45 bits per heavy atom. The van der Waals surface area contributed by atoms with Gasteiger partial charge in [0.25, 0.3) is 0 Å². The van der Waals surface area contributed by atoms with Crippen LogP contribution in [0.15, 0.2) is 6.20 Å². The number of carboxylic acid groups (broad SMARTS) is 1. The molecular formula is C14H21N3O5. The van der Waals surface area contributed by atoms with Gasteiger partial charge in [-0.1, -0.05) is 0 Å². The molecule has 2 heterocycles. The first-order valence-electron chi connectivity index (χ1n) is 7.03. The monoisotopic (exact) mass is 311 g/mol. The van der Waals surface area contributed by atoms with Crippen LogP contribution in [0.4, 0.5) is 4.79 Å². The van der Waals surface area contributed by atoms with Crippen LogP contribution in [0.5, 0.6) is 0 Å². The second-order valence-corrected chi connectivity index (χ2v) is 6.14. The number of carboxylic acids is 1. The number of aromatic carboxylic acids is 1. The van der Waals surface area contributed by atoms with Crippen molar-refractivity contribution in [3.63, 3.8) is 0 Å². The van der Waals surface area contributed by atoms with Crippen LogP contribution in [0.1, 0.15) is 42.9 Å². The molecule has 1 aliphatic heterocycles. The maximum Gasteiger partial charge on any atom is 0.411 e. The summed E-state index contributed by atoms with van der Waals surface area (Å²) in [5, 5.41) is 13.3. The third-order valence-electron chi connectivity index (χ3n) is 3.29. The highest BCUT2D eigenvalue weighted by Gasteiger charge is 2.36. The van der Waals surface area contributed by atoms with Crippen LogP contribution in [0.3, 0.4) is 0 Å². The van der Waals surface area contributed by atoms with Gasteiger partial charge in [-0.3, -0.25) is 9.58 Å². The molecule has 0 spiro atoms. The molecule has 1 atom stereocenters. The highest BCUT2D eigenvalue weighted by atomic mass is 16.6. The minimum Gasteiger partial charge on any atom is -0.478 e. The molecule has 1 aromatic rings. The first kappa shape index (κ1) is 16.3. The van der Waals surface area contributed by atoms with Gasteiger partial charge < -0.3 is 14.6 Å². The minimum atomic E-state index is -1.09. The number of hydrogen-bond acceptors (Lipinski definition) is 5. The van der Waals surface area contributed by atoms with Gasteiger partial charge in [0.1, 0.15) is 17.2 Å². The summed E-state index contributed by atoms with van der Waals surface area (Å²) < 4.78 is 12.3. The maximum absolute atomic E-state index is 12.4. The van der Waals surface area contributed by atoms with Gasteiger partial charge in [-0.15, -0.1) is 0 Å². The Morgan fingerprint density at radius 3 is 2.73 bits per heavy atom. The van der Waals surface area contributed by atoms with Crippen LogP contribution >= 0.6 is 0 Å². The molecule has 22 heavy (non-hydrogen) atoms. The van der Waals surface area contributed by atoms with E-state index >= 15 is 0 Å². The zero-order chi connectivity index (χ0) is 16.5. The minimum absolute atomic E-state index is 0.0616. The summed E-state index contributed by atoms with van der Waals surface area (Å²) in [6, 6.07) is -0.540. The molecule has 8 heteroatoms. The molecule has 1 aromatic heterocycles. The second-order valence-electron chi connectivity index (χ2n) is 6.14. The number of aromatic nitrogens is 2. The fourth-order valence-corrected chi connectivity index (χ4v) is 2.38. The fourth-order valence-electron chi connectivity index (χ4n) is 2.38. The Balaban J connectivity index is 2.33. The zero-order valence-electron chi connectivity index (χ0n) is 13.2. The zero-order valence-corrected chi connectivity index (χ0v) is 13.2. The van der Waals surface area contributed by atoms with Crippen LogP contribution in [0.25, 0.3) is 0 Å². The molecule has 1 aliphatic rings. The number of aryl methyl sites for hydroxylation is 1. The summed E-state index contributed by atoms with van der Waals surface area (Å²) in [4.78, 5) is 25.2. The maximum atomic E-state index is 12.4. The van der Waals surface area contributed by atoms with Crippen LogP contribution in [0, 0.1) is 0 Å². The van der Waals surface area contributed by atoms with E-state index in [1.54, 1.807) is 27.8 Å². The second kappa shape index (κ2) is 5.96. The van der Waals surface area contributed by atoms with E-state index < -0.39 is 23.7 Å². The fraction of sp³-hybridized carbons (Fsp3) is 0.643. The van der Waals surface area contributed by atoms with Crippen LogP contribution in [-0.2, 0) is 16.5 Å². The van der Waals surface area contributed by atoms with E-state index in [4.69, 9.17) is 9.47 Å². The van der Waals surface area contributed by atoms with Crippen LogP contribution in [0.2, 0.25) is 0 Å².